The van der Waals surface area contributed by atoms with Gasteiger partial charge in [-0.15, -0.1) is 0 Å². The van der Waals surface area contributed by atoms with Crippen molar-refractivity contribution < 1.29 is 0 Å². The molecule has 5 heteroatoms. The second-order valence-corrected chi connectivity index (χ2v) is 4.24. The molecule has 2 rings (SSSR count). The first-order valence-electron chi connectivity index (χ1n) is 5.08. The van der Waals surface area contributed by atoms with E-state index >= 15 is 0 Å². The van der Waals surface area contributed by atoms with Crippen molar-refractivity contribution in [1.82, 2.24) is 9.97 Å². The molecule has 1 atom stereocenters. The van der Waals surface area contributed by atoms with Crippen molar-refractivity contribution in [2.45, 2.75) is 13.0 Å². The highest BCUT2D eigenvalue weighted by Crippen LogP contribution is 2.20. The molecule has 0 radical (unpaired) electrons. The predicted molar refractivity (Wildman–Crippen MR) is 67.9 cm³/mol. The first-order valence-corrected chi connectivity index (χ1v) is 6.02. The van der Waals surface area contributed by atoms with Crippen LogP contribution in [0.3, 0.4) is 0 Å². The van der Waals surface area contributed by atoms with E-state index in [2.05, 4.69) is 44.4 Å². The van der Waals surface area contributed by atoms with Crippen LogP contribution in [0, 0.1) is 0 Å². The van der Waals surface area contributed by atoms with E-state index in [0.29, 0.717) is 0 Å². The summed E-state index contributed by atoms with van der Waals surface area (Å²) in [7, 11) is 1.84. The summed E-state index contributed by atoms with van der Waals surface area (Å²) in [6.45, 7) is 2.11. The molecule has 2 aromatic rings. The van der Waals surface area contributed by atoms with Gasteiger partial charge in [-0.3, -0.25) is 0 Å². The maximum atomic E-state index is 4.18. The standard InChI is InChI=1S/C11H14N4S/c1-8(9-3-4-16-6-9)15-11-5-10(12-2)13-7-14-11/h3-8H,1-2H3,(H2,12,13,14,15). The Kier molecular flexibility index (Phi) is 3.36. The van der Waals surface area contributed by atoms with E-state index in [1.54, 1.807) is 17.7 Å². The molecule has 0 spiro atoms. The number of hydrogen-bond donors (Lipinski definition) is 2. The molecule has 0 bridgehead atoms. The van der Waals surface area contributed by atoms with E-state index in [1.807, 2.05) is 13.1 Å². The summed E-state index contributed by atoms with van der Waals surface area (Å²) in [5.41, 5.74) is 1.27. The van der Waals surface area contributed by atoms with Crippen molar-refractivity contribution in [3.8, 4) is 0 Å². The van der Waals surface area contributed by atoms with Crippen molar-refractivity contribution in [3.63, 3.8) is 0 Å². The van der Waals surface area contributed by atoms with E-state index in [9.17, 15) is 0 Å². The van der Waals surface area contributed by atoms with Crippen LogP contribution in [0.4, 0.5) is 11.6 Å². The Morgan fingerprint density at radius 1 is 1.31 bits per heavy atom. The Hall–Kier alpha value is -1.62. The minimum absolute atomic E-state index is 0.255. The molecule has 0 aromatic carbocycles. The third-order valence-corrected chi connectivity index (χ3v) is 3.03. The molecule has 84 valence electrons. The highest BCUT2D eigenvalue weighted by atomic mass is 32.1. The number of thiophene rings is 1. The third-order valence-electron chi connectivity index (χ3n) is 2.33. The lowest BCUT2D eigenvalue weighted by Gasteiger charge is -2.13. The van der Waals surface area contributed by atoms with Gasteiger partial charge in [0.1, 0.15) is 18.0 Å². The molecule has 0 saturated heterocycles. The van der Waals surface area contributed by atoms with E-state index in [0.717, 1.165) is 11.6 Å². The Balaban J connectivity index is 2.08. The van der Waals surface area contributed by atoms with E-state index < -0.39 is 0 Å². The van der Waals surface area contributed by atoms with Crippen LogP contribution in [0.25, 0.3) is 0 Å². The molecule has 1 unspecified atom stereocenters. The van der Waals surface area contributed by atoms with Crippen molar-refractivity contribution in [3.05, 3.63) is 34.8 Å². The summed E-state index contributed by atoms with van der Waals surface area (Å²) in [5, 5.41) is 10.5. The minimum atomic E-state index is 0.255. The van der Waals surface area contributed by atoms with Gasteiger partial charge < -0.3 is 10.6 Å². The lowest BCUT2D eigenvalue weighted by molar-refractivity contribution is 0.877. The molecule has 2 N–H and O–H groups in total. The van der Waals surface area contributed by atoms with Crippen molar-refractivity contribution in [2.24, 2.45) is 0 Å². The molecular weight excluding hydrogens is 220 g/mol. The Morgan fingerprint density at radius 3 is 2.81 bits per heavy atom. The van der Waals surface area contributed by atoms with E-state index in [1.165, 1.54) is 5.56 Å². The van der Waals surface area contributed by atoms with Crippen LogP contribution in [0.5, 0.6) is 0 Å². The van der Waals surface area contributed by atoms with Crippen LogP contribution in [0.15, 0.2) is 29.2 Å². The van der Waals surface area contributed by atoms with Gasteiger partial charge in [0, 0.05) is 13.1 Å². The zero-order valence-electron chi connectivity index (χ0n) is 9.27. The lowest BCUT2D eigenvalue weighted by Crippen LogP contribution is -2.07. The summed E-state index contributed by atoms with van der Waals surface area (Å²) in [6, 6.07) is 4.26. The lowest BCUT2D eigenvalue weighted by atomic mass is 10.2. The maximum Gasteiger partial charge on any atom is 0.131 e. The third kappa shape index (κ3) is 2.49. The van der Waals surface area contributed by atoms with Crippen molar-refractivity contribution >= 4 is 23.0 Å². The fourth-order valence-corrected chi connectivity index (χ4v) is 2.15. The van der Waals surface area contributed by atoms with Crippen LogP contribution >= 0.6 is 11.3 Å². The molecule has 2 aromatic heterocycles. The molecule has 16 heavy (non-hydrogen) atoms. The molecule has 0 aliphatic carbocycles. The number of nitrogens with one attached hydrogen (secondary N) is 2. The SMILES string of the molecule is CNc1cc(NC(C)c2ccsc2)ncn1. The summed E-state index contributed by atoms with van der Waals surface area (Å²) in [5.74, 6) is 1.65. The molecule has 0 aliphatic heterocycles. The van der Waals surface area contributed by atoms with Gasteiger partial charge in [-0.2, -0.15) is 11.3 Å². The number of aromatic nitrogens is 2. The van der Waals surface area contributed by atoms with Gasteiger partial charge in [-0.25, -0.2) is 9.97 Å². The Bertz CT molecular complexity index is 441. The summed E-state index contributed by atoms with van der Waals surface area (Å²) >= 11 is 1.70. The molecule has 0 fully saturated rings. The molecule has 0 amide bonds. The summed E-state index contributed by atoms with van der Waals surface area (Å²) in [6.07, 6.45) is 1.55. The number of hydrogen-bond acceptors (Lipinski definition) is 5. The van der Waals surface area contributed by atoms with Crippen molar-refractivity contribution in [2.75, 3.05) is 17.7 Å². The van der Waals surface area contributed by atoms with Crippen LogP contribution in [0.1, 0.15) is 18.5 Å². The fourth-order valence-electron chi connectivity index (χ4n) is 1.40. The first kappa shape index (κ1) is 10.9. The molecular formula is C11H14N4S. The number of anilines is 2. The highest BCUT2D eigenvalue weighted by molar-refractivity contribution is 7.07. The van der Waals surface area contributed by atoms with Crippen LogP contribution in [-0.2, 0) is 0 Å². The number of nitrogens with zero attached hydrogens (tertiary/aromatic N) is 2. The van der Waals surface area contributed by atoms with Gasteiger partial charge in [0.2, 0.25) is 0 Å². The molecule has 2 heterocycles. The topological polar surface area (TPSA) is 49.8 Å². The zero-order chi connectivity index (χ0) is 11.4. The van der Waals surface area contributed by atoms with Crippen molar-refractivity contribution in [1.29, 1.82) is 0 Å². The second kappa shape index (κ2) is 4.94. The summed E-state index contributed by atoms with van der Waals surface area (Å²) in [4.78, 5) is 8.25. The van der Waals surface area contributed by atoms with Gasteiger partial charge in [0.05, 0.1) is 6.04 Å². The number of rotatable bonds is 4. The monoisotopic (exact) mass is 234 g/mol. The quantitative estimate of drug-likeness (QED) is 0.854. The van der Waals surface area contributed by atoms with Gasteiger partial charge in [-0.1, -0.05) is 0 Å². The average Bonchev–Trinajstić information content (AvgIpc) is 2.83. The molecule has 0 saturated carbocycles. The predicted octanol–water partition coefficient (Wildman–Crippen LogP) is 2.75. The largest absolute Gasteiger partial charge is 0.373 e. The summed E-state index contributed by atoms with van der Waals surface area (Å²) < 4.78 is 0. The zero-order valence-corrected chi connectivity index (χ0v) is 10.1. The average molecular weight is 234 g/mol. The molecule has 0 aliphatic rings. The van der Waals surface area contributed by atoms with Gasteiger partial charge in [-0.05, 0) is 29.3 Å². The van der Waals surface area contributed by atoms with Crippen LogP contribution in [-0.4, -0.2) is 17.0 Å². The Labute approximate surface area is 98.8 Å². The van der Waals surface area contributed by atoms with Gasteiger partial charge in [0.25, 0.3) is 0 Å². The van der Waals surface area contributed by atoms with E-state index in [-0.39, 0.29) is 6.04 Å². The smallest absolute Gasteiger partial charge is 0.131 e. The van der Waals surface area contributed by atoms with Crippen LogP contribution < -0.4 is 10.6 Å². The van der Waals surface area contributed by atoms with E-state index in [4.69, 9.17) is 0 Å². The maximum absolute atomic E-state index is 4.18. The minimum Gasteiger partial charge on any atom is -0.373 e. The van der Waals surface area contributed by atoms with Gasteiger partial charge >= 0.3 is 0 Å². The second-order valence-electron chi connectivity index (χ2n) is 3.46. The fraction of sp³-hybridized carbons (Fsp3) is 0.273. The first-order chi connectivity index (χ1) is 7.79. The van der Waals surface area contributed by atoms with Gasteiger partial charge in [0.15, 0.2) is 0 Å². The van der Waals surface area contributed by atoms with Crippen LogP contribution in [0.2, 0.25) is 0 Å². The Morgan fingerprint density at radius 2 is 2.12 bits per heavy atom. The molecule has 4 nitrogen and oxygen atoms in total. The normalized spacial score (nSPS) is 12.1. The highest BCUT2D eigenvalue weighted by Gasteiger charge is 2.06.